The number of benzene rings is 1. The van der Waals surface area contributed by atoms with Gasteiger partial charge in [-0.3, -0.25) is 9.59 Å². The zero-order chi connectivity index (χ0) is 14.3. The predicted molar refractivity (Wildman–Crippen MR) is 77.8 cm³/mol. The zero-order valence-corrected chi connectivity index (χ0v) is 12.2. The molecule has 0 spiro atoms. The Hall–Kier alpha value is -2.08. The van der Waals surface area contributed by atoms with Crippen molar-refractivity contribution in [1.29, 1.82) is 0 Å². The maximum absolute atomic E-state index is 12.0. The number of fused-ring (bicyclic) bond motifs is 1. The predicted octanol–water partition coefficient (Wildman–Crippen LogP) is 3.35. The van der Waals surface area contributed by atoms with Crippen molar-refractivity contribution in [3.63, 3.8) is 0 Å². The molecule has 1 unspecified atom stereocenters. The number of anilines is 2. The van der Waals surface area contributed by atoms with Crippen LogP contribution in [0.15, 0.2) is 39.4 Å². The van der Waals surface area contributed by atoms with E-state index in [0.29, 0.717) is 10.4 Å². The lowest BCUT2D eigenvalue weighted by atomic mass is 10.0. The highest BCUT2D eigenvalue weighted by Crippen LogP contribution is 2.34. The van der Waals surface area contributed by atoms with Crippen LogP contribution in [0, 0.1) is 0 Å². The quantitative estimate of drug-likeness (QED) is 0.884. The van der Waals surface area contributed by atoms with Gasteiger partial charge in [0.15, 0.2) is 10.4 Å². The first-order valence-corrected chi connectivity index (χ1v) is 6.85. The molecule has 2 aromatic rings. The summed E-state index contributed by atoms with van der Waals surface area (Å²) in [6.45, 7) is 1.83. The van der Waals surface area contributed by atoms with Gasteiger partial charge in [0, 0.05) is 11.4 Å². The Morgan fingerprint density at radius 3 is 2.85 bits per heavy atom. The van der Waals surface area contributed by atoms with Crippen molar-refractivity contribution in [1.82, 2.24) is 0 Å². The van der Waals surface area contributed by atoms with Crippen LogP contribution < -0.4 is 10.6 Å². The first-order chi connectivity index (χ1) is 9.54. The van der Waals surface area contributed by atoms with Crippen LogP contribution in [0.4, 0.5) is 11.4 Å². The van der Waals surface area contributed by atoms with Gasteiger partial charge in [0.2, 0.25) is 5.91 Å². The minimum Gasteiger partial charge on any atom is -0.444 e. The molecule has 102 valence electrons. The van der Waals surface area contributed by atoms with Crippen LogP contribution in [0.25, 0.3) is 0 Å². The summed E-state index contributed by atoms with van der Waals surface area (Å²) in [5.41, 5.74) is 2.30. The molecule has 0 bridgehead atoms. The van der Waals surface area contributed by atoms with Gasteiger partial charge in [-0.1, -0.05) is 0 Å². The summed E-state index contributed by atoms with van der Waals surface area (Å²) < 4.78 is 5.69. The van der Waals surface area contributed by atoms with Crippen molar-refractivity contribution in [2.24, 2.45) is 0 Å². The lowest BCUT2D eigenvalue weighted by molar-refractivity contribution is -0.116. The van der Waals surface area contributed by atoms with Crippen molar-refractivity contribution in [3.8, 4) is 0 Å². The van der Waals surface area contributed by atoms with Gasteiger partial charge in [0.25, 0.3) is 5.91 Å². The van der Waals surface area contributed by atoms with Gasteiger partial charge in [-0.2, -0.15) is 0 Å². The molecular weight excluding hydrogens is 324 g/mol. The fourth-order valence-electron chi connectivity index (χ4n) is 2.12. The largest absolute Gasteiger partial charge is 0.444 e. The number of rotatable bonds is 2. The molecule has 1 aliphatic rings. The van der Waals surface area contributed by atoms with Gasteiger partial charge in [0.1, 0.15) is 0 Å². The maximum Gasteiger partial charge on any atom is 0.291 e. The van der Waals surface area contributed by atoms with E-state index < -0.39 is 0 Å². The van der Waals surface area contributed by atoms with Crippen molar-refractivity contribution < 1.29 is 14.0 Å². The van der Waals surface area contributed by atoms with E-state index in [0.717, 1.165) is 11.3 Å². The normalized spacial score (nSPS) is 16.7. The summed E-state index contributed by atoms with van der Waals surface area (Å²) in [5.74, 6) is -0.349. The van der Waals surface area contributed by atoms with Crippen LogP contribution >= 0.6 is 15.9 Å². The fourth-order valence-corrected chi connectivity index (χ4v) is 2.43. The number of amides is 2. The number of furan rings is 1. The summed E-state index contributed by atoms with van der Waals surface area (Å²) in [6.07, 6.45) is 0. The minimum atomic E-state index is -0.333. The molecule has 2 amide bonds. The Balaban J connectivity index is 1.83. The Labute approximate surface area is 123 Å². The second-order valence-corrected chi connectivity index (χ2v) is 5.35. The van der Waals surface area contributed by atoms with Gasteiger partial charge >= 0.3 is 0 Å². The minimum absolute atomic E-state index is 0.0292. The molecule has 1 aromatic heterocycles. The summed E-state index contributed by atoms with van der Waals surface area (Å²) in [5, 5.41) is 5.53. The van der Waals surface area contributed by atoms with Crippen LogP contribution in [0.5, 0.6) is 0 Å². The van der Waals surface area contributed by atoms with Gasteiger partial charge < -0.3 is 15.1 Å². The number of nitrogens with one attached hydrogen (secondary N) is 2. The van der Waals surface area contributed by atoms with Crippen LogP contribution in [0.1, 0.15) is 29.0 Å². The molecule has 0 fully saturated rings. The number of halogens is 1. The number of carbonyl (C=O) groups excluding carboxylic acids is 2. The van der Waals surface area contributed by atoms with E-state index >= 15 is 0 Å². The fraction of sp³-hybridized carbons (Fsp3) is 0.143. The molecule has 0 saturated heterocycles. The second-order valence-electron chi connectivity index (χ2n) is 4.57. The molecule has 2 heterocycles. The van der Waals surface area contributed by atoms with Gasteiger partial charge in [-0.05, 0) is 58.7 Å². The molecule has 0 aliphatic carbocycles. The summed E-state index contributed by atoms with van der Waals surface area (Å²) in [6, 6.07) is 8.56. The molecule has 1 aromatic carbocycles. The van der Waals surface area contributed by atoms with E-state index in [2.05, 4.69) is 26.6 Å². The summed E-state index contributed by atoms with van der Waals surface area (Å²) >= 11 is 3.15. The Morgan fingerprint density at radius 2 is 2.15 bits per heavy atom. The average Bonchev–Trinajstić information content (AvgIpc) is 2.96. The third-order valence-electron chi connectivity index (χ3n) is 3.22. The molecule has 1 aliphatic heterocycles. The maximum atomic E-state index is 12.0. The SMILES string of the molecule is CC1C(=O)Nc2ccc(NC(=O)c3ccc(Br)o3)cc21. The van der Waals surface area contributed by atoms with Crippen LogP contribution in [0.2, 0.25) is 0 Å². The van der Waals surface area contributed by atoms with Crippen molar-refractivity contribution in [2.45, 2.75) is 12.8 Å². The van der Waals surface area contributed by atoms with E-state index in [1.807, 2.05) is 6.92 Å². The highest BCUT2D eigenvalue weighted by atomic mass is 79.9. The molecule has 3 rings (SSSR count). The first kappa shape index (κ1) is 12.9. The van der Waals surface area contributed by atoms with Crippen molar-refractivity contribution >= 4 is 39.1 Å². The zero-order valence-electron chi connectivity index (χ0n) is 10.6. The smallest absolute Gasteiger partial charge is 0.291 e. The van der Waals surface area contributed by atoms with E-state index in [1.165, 1.54) is 0 Å². The van der Waals surface area contributed by atoms with E-state index in [1.54, 1.807) is 30.3 Å². The van der Waals surface area contributed by atoms with Gasteiger partial charge in [0.05, 0.1) is 5.92 Å². The average molecular weight is 335 g/mol. The number of hydrogen-bond acceptors (Lipinski definition) is 3. The van der Waals surface area contributed by atoms with E-state index in [-0.39, 0.29) is 23.5 Å². The molecule has 5 nitrogen and oxygen atoms in total. The molecule has 6 heteroatoms. The molecule has 20 heavy (non-hydrogen) atoms. The Kier molecular flexibility index (Phi) is 3.10. The van der Waals surface area contributed by atoms with Crippen LogP contribution in [-0.4, -0.2) is 11.8 Å². The third-order valence-corrected chi connectivity index (χ3v) is 3.65. The monoisotopic (exact) mass is 334 g/mol. The Morgan fingerprint density at radius 1 is 1.35 bits per heavy atom. The van der Waals surface area contributed by atoms with E-state index in [9.17, 15) is 9.59 Å². The highest BCUT2D eigenvalue weighted by Gasteiger charge is 2.26. The van der Waals surface area contributed by atoms with Crippen molar-refractivity contribution in [3.05, 3.63) is 46.3 Å². The lowest BCUT2D eigenvalue weighted by Crippen LogP contribution is -2.11. The molecule has 0 radical (unpaired) electrons. The van der Waals surface area contributed by atoms with Gasteiger partial charge in [-0.15, -0.1) is 0 Å². The van der Waals surface area contributed by atoms with Crippen LogP contribution in [-0.2, 0) is 4.79 Å². The highest BCUT2D eigenvalue weighted by molar-refractivity contribution is 9.10. The number of hydrogen-bond donors (Lipinski definition) is 2. The molecule has 1 atom stereocenters. The van der Waals surface area contributed by atoms with E-state index in [4.69, 9.17) is 4.42 Å². The molecule has 2 N–H and O–H groups in total. The molecule has 0 saturated carbocycles. The summed E-state index contributed by atoms with van der Waals surface area (Å²) in [7, 11) is 0. The molecular formula is C14H11BrN2O3. The summed E-state index contributed by atoms with van der Waals surface area (Å²) in [4.78, 5) is 23.5. The second kappa shape index (κ2) is 4.79. The Bertz CT molecular complexity index is 708. The number of carbonyl (C=O) groups is 2. The van der Waals surface area contributed by atoms with Crippen LogP contribution in [0.3, 0.4) is 0 Å². The topological polar surface area (TPSA) is 71.3 Å². The standard InChI is InChI=1S/C14H11BrN2O3/c1-7-9-6-8(2-3-10(9)17-13(7)18)16-14(19)11-4-5-12(15)20-11/h2-7H,1H3,(H,16,19)(H,17,18). The third kappa shape index (κ3) is 2.22. The first-order valence-electron chi connectivity index (χ1n) is 6.06. The van der Waals surface area contributed by atoms with Crippen molar-refractivity contribution in [2.75, 3.05) is 10.6 Å². The van der Waals surface area contributed by atoms with Gasteiger partial charge in [-0.25, -0.2) is 0 Å². The lowest BCUT2D eigenvalue weighted by Gasteiger charge is -2.07.